The summed E-state index contributed by atoms with van der Waals surface area (Å²) in [6, 6.07) is 11.3. The Morgan fingerprint density at radius 2 is 1.79 bits per heavy atom. The average Bonchev–Trinajstić information content (AvgIpc) is 2.53. The van der Waals surface area contributed by atoms with Gasteiger partial charge < -0.3 is 10.6 Å². The molecular formula is C16H18FN3O3S. The molecule has 0 fully saturated rings. The molecule has 2 rings (SSSR count). The SMILES string of the molecule is CN(C)S(=O)(=O)c1ccc(CNC(=O)Nc2cccc(F)c2)cc1. The summed E-state index contributed by atoms with van der Waals surface area (Å²) < 4.78 is 38.1. The monoisotopic (exact) mass is 351 g/mol. The van der Waals surface area contributed by atoms with E-state index in [9.17, 15) is 17.6 Å². The molecule has 0 bridgehead atoms. The zero-order valence-electron chi connectivity index (χ0n) is 13.3. The Morgan fingerprint density at radius 3 is 2.38 bits per heavy atom. The van der Waals surface area contributed by atoms with Crippen molar-refractivity contribution in [3.8, 4) is 0 Å². The maximum atomic E-state index is 13.0. The van der Waals surface area contributed by atoms with Gasteiger partial charge in [-0.25, -0.2) is 21.9 Å². The van der Waals surface area contributed by atoms with Crippen LogP contribution in [0.3, 0.4) is 0 Å². The summed E-state index contributed by atoms with van der Waals surface area (Å²) >= 11 is 0. The maximum absolute atomic E-state index is 13.0. The Hall–Kier alpha value is -2.45. The number of benzene rings is 2. The molecule has 6 nitrogen and oxygen atoms in total. The second-order valence-electron chi connectivity index (χ2n) is 5.25. The average molecular weight is 351 g/mol. The lowest BCUT2D eigenvalue weighted by Crippen LogP contribution is -2.28. The number of carbonyl (C=O) groups excluding carboxylic acids is 1. The van der Waals surface area contributed by atoms with Crippen LogP contribution in [0.2, 0.25) is 0 Å². The number of hydrogen-bond donors (Lipinski definition) is 2. The van der Waals surface area contributed by atoms with Gasteiger partial charge >= 0.3 is 6.03 Å². The molecule has 0 saturated heterocycles. The first kappa shape index (κ1) is 17.9. The molecule has 2 amide bonds. The Labute approximate surface area is 140 Å². The Kier molecular flexibility index (Phi) is 5.53. The lowest BCUT2D eigenvalue weighted by molar-refractivity contribution is 0.251. The van der Waals surface area contributed by atoms with Gasteiger partial charge in [-0.1, -0.05) is 18.2 Å². The number of carbonyl (C=O) groups is 1. The van der Waals surface area contributed by atoms with Gasteiger partial charge in [-0.05, 0) is 35.9 Å². The van der Waals surface area contributed by atoms with E-state index in [2.05, 4.69) is 10.6 Å². The number of amides is 2. The third kappa shape index (κ3) is 4.53. The quantitative estimate of drug-likeness (QED) is 0.868. The molecule has 0 aliphatic heterocycles. The first-order valence-electron chi connectivity index (χ1n) is 7.11. The van der Waals surface area contributed by atoms with E-state index in [1.165, 1.54) is 44.4 Å². The second-order valence-corrected chi connectivity index (χ2v) is 7.40. The topological polar surface area (TPSA) is 78.5 Å². The van der Waals surface area contributed by atoms with Crippen LogP contribution < -0.4 is 10.6 Å². The van der Waals surface area contributed by atoms with E-state index in [1.54, 1.807) is 18.2 Å². The minimum atomic E-state index is -3.47. The molecule has 8 heteroatoms. The van der Waals surface area contributed by atoms with Gasteiger partial charge in [-0.2, -0.15) is 0 Å². The van der Waals surface area contributed by atoms with Gasteiger partial charge in [0.25, 0.3) is 0 Å². The summed E-state index contributed by atoms with van der Waals surface area (Å²) in [7, 11) is -0.552. The zero-order valence-corrected chi connectivity index (χ0v) is 14.1. The molecule has 0 heterocycles. The summed E-state index contributed by atoms with van der Waals surface area (Å²) in [5.74, 6) is -0.439. The van der Waals surface area contributed by atoms with Crippen molar-refractivity contribution in [3.05, 3.63) is 59.9 Å². The van der Waals surface area contributed by atoms with Crippen LogP contribution in [0.25, 0.3) is 0 Å². The largest absolute Gasteiger partial charge is 0.334 e. The number of urea groups is 1. The van der Waals surface area contributed by atoms with E-state index >= 15 is 0 Å². The highest BCUT2D eigenvalue weighted by Crippen LogP contribution is 2.14. The summed E-state index contributed by atoms with van der Waals surface area (Å²) in [6.45, 7) is 0.212. The molecule has 24 heavy (non-hydrogen) atoms. The van der Waals surface area contributed by atoms with Crippen LogP contribution >= 0.6 is 0 Å². The van der Waals surface area contributed by atoms with Crippen molar-refractivity contribution in [2.24, 2.45) is 0 Å². The van der Waals surface area contributed by atoms with Crippen molar-refractivity contribution in [1.82, 2.24) is 9.62 Å². The fraction of sp³-hybridized carbons (Fsp3) is 0.188. The molecule has 2 aromatic carbocycles. The molecule has 0 radical (unpaired) electrons. The van der Waals surface area contributed by atoms with Crippen LogP contribution in [-0.2, 0) is 16.6 Å². The van der Waals surface area contributed by atoms with Gasteiger partial charge in [0.15, 0.2) is 0 Å². The number of nitrogens with zero attached hydrogens (tertiary/aromatic N) is 1. The summed E-state index contributed by atoms with van der Waals surface area (Å²) in [5.41, 5.74) is 1.09. The van der Waals surface area contributed by atoms with Crippen LogP contribution in [-0.4, -0.2) is 32.8 Å². The summed E-state index contributed by atoms with van der Waals surface area (Å²) in [6.07, 6.45) is 0. The molecule has 0 unspecified atom stereocenters. The molecule has 0 aromatic heterocycles. The fourth-order valence-corrected chi connectivity index (χ4v) is 2.82. The van der Waals surface area contributed by atoms with Crippen LogP contribution in [0.15, 0.2) is 53.4 Å². The zero-order chi connectivity index (χ0) is 17.7. The minimum absolute atomic E-state index is 0.181. The Bertz CT molecular complexity index is 821. The molecule has 0 spiro atoms. The van der Waals surface area contributed by atoms with Crippen molar-refractivity contribution in [1.29, 1.82) is 0 Å². The number of halogens is 1. The van der Waals surface area contributed by atoms with Crippen LogP contribution in [0, 0.1) is 5.82 Å². The number of anilines is 1. The van der Waals surface area contributed by atoms with Crippen molar-refractivity contribution in [3.63, 3.8) is 0 Å². The van der Waals surface area contributed by atoms with E-state index in [0.717, 1.165) is 9.87 Å². The van der Waals surface area contributed by atoms with Crippen LogP contribution in [0.5, 0.6) is 0 Å². The molecule has 0 aliphatic rings. The van der Waals surface area contributed by atoms with Crippen molar-refractivity contribution < 1.29 is 17.6 Å². The lowest BCUT2D eigenvalue weighted by Gasteiger charge is -2.12. The predicted molar refractivity (Wildman–Crippen MR) is 89.6 cm³/mol. The molecule has 0 saturated carbocycles. The third-order valence-corrected chi connectivity index (χ3v) is 5.07. The molecule has 0 aliphatic carbocycles. The number of rotatable bonds is 5. The Morgan fingerprint density at radius 1 is 1.12 bits per heavy atom. The van der Waals surface area contributed by atoms with Crippen LogP contribution in [0.4, 0.5) is 14.9 Å². The van der Waals surface area contributed by atoms with E-state index in [4.69, 9.17) is 0 Å². The number of hydrogen-bond acceptors (Lipinski definition) is 3. The van der Waals surface area contributed by atoms with Crippen molar-refractivity contribution in [2.45, 2.75) is 11.4 Å². The van der Waals surface area contributed by atoms with Gasteiger partial charge in [-0.15, -0.1) is 0 Å². The van der Waals surface area contributed by atoms with E-state index in [-0.39, 0.29) is 11.4 Å². The highest BCUT2D eigenvalue weighted by molar-refractivity contribution is 7.89. The lowest BCUT2D eigenvalue weighted by atomic mass is 10.2. The van der Waals surface area contributed by atoms with Gasteiger partial charge in [0.05, 0.1) is 4.90 Å². The highest BCUT2D eigenvalue weighted by Gasteiger charge is 2.16. The Balaban J connectivity index is 1.94. The second kappa shape index (κ2) is 7.41. The summed E-state index contributed by atoms with van der Waals surface area (Å²) in [4.78, 5) is 11.9. The summed E-state index contributed by atoms with van der Waals surface area (Å²) in [5, 5.41) is 5.13. The highest BCUT2D eigenvalue weighted by atomic mass is 32.2. The van der Waals surface area contributed by atoms with Gasteiger partial charge in [0.1, 0.15) is 5.82 Å². The molecule has 2 N–H and O–H groups in total. The first-order valence-corrected chi connectivity index (χ1v) is 8.55. The van der Waals surface area contributed by atoms with Crippen LogP contribution in [0.1, 0.15) is 5.56 Å². The van der Waals surface area contributed by atoms with Crippen molar-refractivity contribution >= 4 is 21.7 Å². The molecule has 128 valence electrons. The predicted octanol–water partition coefficient (Wildman–Crippen LogP) is 2.40. The third-order valence-electron chi connectivity index (χ3n) is 3.24. The number of nitrogens with one attached hydrogen (secondary N) is 2. The molecule has 2 aromatic rings. The van der Waals surface area contributed by atoms with E-state index in [1.807, 2.05) is 0 Å². The first-order chi connectivity index (χ1) is 11.3. The molecule has 0 atom stereocenters. The smallest absolute Gasteiger partial charge is 0.319 e. The van der Waals surface area contributed by atoms with Gasteiger partial charge in [0, 0.05) is 26.3 Å². The number of sulfonamides is 1. The van der Waals surface area contributed by atoms with E-state index in [0.29, 0.717) is 5.69 Å². The minimum Gasteiger partial charge on any atom is -0.334 e. The van der Waals surface area contributed by atoms with Crippen molar-refractivity contribution in [2.75, 3.05) is 19.4 Å². The standard InChI is InChI=1S/C16H18FN3O3S/c1-20(2)24(22,23)15-8-6-12(7-9-15)11-18-16(21)19-14-5-3-4-13(17)10-14/h3-10H,11H2,1-2H3,(H2,18,19,21). The van der Waals surface area contributed by atoms with Gasteiger partial charge in [-0.3, -0.25) is 0 Å². The molecular weight excluding hydrogens is 333 g/mol. The normalized spacial score (nSPS) is 11.3. The maximum Gasteiger partial charge on any atom is 0.319 e. The van der Waals surface area contributed by atoms with Gasteiger partial charge in [0.2, 0.25) is 10.0 Å². The van der Waals surface area contributed by atoms with E-state index < -0.39 is 21.9 Å². The fourth-order valence-electron chi connectivity index (χ4n) is 1.91.